The number of hydrogen-bond acceptors (Lipinski definition) is 5. The molecule has 110 valence electrons. The summed E-state index contributed by atoms with van der Waals surface area (Å²) in [7, 11) is 1.49. The summed E-state index contributed by atoms with van der Waals surface area (Å²) >= 11 is 1.55. The van der Waals surface area contributed by atoms with Crippen molar-refractivity contribution in [2.75, 3.05) is 19.9 Å². The average Bonchev–Trinajstić information content (AvgIpc) is 2.46. The van der Waals surface area contributed by atoms with Gasteiger partial charge in [0.15, 0.2) is 6.10 Å². The van der Waals surface area contributed by atoms with E-state index < -0.39 is 12.1 Å². The maximum atomic E-state index is 12.1. The van der Waals surface area contributed by atoms with E-state index in [1.54, 1.807) is 36.9 Å². The zero-order valence-corrected chi connectivity index (χ0v) is 12.9. The van der Waals surface area contributed by atoms with Gasteiger partial charge in [-0.1, -0.05) is 0 Å². The van der Waals surface area contributed by atoms with Gasteiger partial charge in [-0.3, -0.25) is 4.79 Å². The number of carbonyl (C=O) groups excluding carboxylic acids is 2. The van der Waals surface area contributed by atoms with E-state index in [9.17, 15) is 9.59 Å². The minimum absolute atomic E-state index is 0.307. The third-order valence-corrected chi connectivity index (χ3v) is 3.36. The lowest BCUT2D eigenvalue weighted by molar-refractivity contribution is -0.128. The molecule has 1 rings (SSSR count). The van der Waals surface area contributed by atoms with Gasteiger partial charge < -0.3 is 14.8 Å². The Morgan fingerprint density at radius 3 is 2.65 bits per heavy atom. The highest BCUT2D eigenvalue weighted by atomic mass is 32.2. The van der Waals surface area contributed by atoms with Crippen LogP contribution < -0.4 is 10.1 Å². The molecular weight excluding hydrogens is 278 g/mol. The van der Waals surface area contributed by atoms with E-state index in [2.05, 4.69) is 5.32 Å². The molecule has 0 aliphatic rings. The topological polar surface area (TPSA) is 64.6 Å². The first-order valence-corrected chi connectivity index (χ1v) is 7.46. The lowest BCUT2D eigenvalue weighted by Crippen LogP contribution is -2.35. The van der Waals surface area contributed by atoms with Crippen molar-refractivity contribution in [2.24, 2.45) is 0 Å². The number of thioether (sulfide) groups is 1. The van der Waals surface area contributed by atoms with Crippen molar-refractivity contribution in [3.8, 4) is 5.75 Å². The van der Waals surface area contributed by atoms with Crippen LogP contribution >= 0.6 is 11.8 Å². The molecule has 0 saturated heterocycles. The first-order chi connectivity index (χ1) is 9.53. The molecule has 0 aliphatic heterocycles. The SMILES string of the molecule is CCNC(=O)[C@H](C)OC(=O)c1ccc(SC)cc1OC. The van der Waals surface area contributed by atoms with Gasteiger partial charge in [0.05, 0.1) is 7.11 Å². The molecule has 1 N–H and O–H groups in total. The third-order valence-electron chi connectivity index (χ3n) is 2.63. The van der Waals surface area contributed by atoms with E-state index in [0.29, 0.717) is 17.9 Å². The van der Waals surface area contributed by atoms with Crippen molar-refractivity contribution in [1.82, 2.24) is 5.32 Å². The van der Waals surface area contributed by atoms with Gasteiger partial charge >= 0.3 is 5.97 Å². The van der Waals surface area contributed by atoms with Crippen LogP contribution in [0.4, 0.5) is 0 Å². The average molecular weight is 297 g/mol. The molecular formula is C14H19NO4S. The Labute approximate surface area is 123 Å². The summed E-state index contributed by atoms with van der Waals surface area (Å²) in [6, 6.07) is 5.20. The maximum Gasteiger partial charge on any atom is 0.342 e. The van der Waals surface area contributed by atoms with Gasteiger partial charge in [-0.15, -0.1) is 11.8 Å². The summed E-state index contributed by atoms with van der Waals surface area (Å²) in [4.78, 5) is 24.6. The minimum Gasteiger partial charge on any atom is -0.496 e. The van der Waals surface area contributed by atoms with Crippen molar-refractivity contribution >= 4 is 23.6 Å². The monoisotopic (exact) mass is 297 g/mol. The van der Waals surface area contributed by atoms with E-state index in [0.717, 1.165) is 4.90 Å². The van der Waals surface area contributed by atoms with Crippen LogP contribution in [0.3, 0.4) is 0 Å². The van der Waals surface area contributed by atoms with Crippen LogP contribution in [0.5, 0.6) is 5.75 Å². The first kappa shape index (κ1) is 16.4. The Morgan fingerprint density at radius 2 is 2.10 bits per heavy atom. The van der Waals surface area contributed by atoms with Crippen molar-refractivity contribution in [3.05, 3.63) is 23.8 Å². The predicted octanol–water partition coefficient (Wildman–Crippen LogP) is 2.10. The fourth-order valence-electron chi connectivity index (χ4n) is 1.56. The number of rotatable bonds is 6. The van der Waals surface area contributed by atoms with Crippen LogP contribution in [-0.4, -0.2) is 37.9 Å². The van der Waals surface area contributed by atoms with Crippen molar-refractivity contribution < 1.29 is 19.1 Å². The number of methoxy groups -OCH3 is 1. The highest BCUT2D eigenvalue weighted by Crippen LogP contribution is 2.26. The molecule has 0 heterocycles. The number of esters is 1. The molecule has 0 aromatic heterocycles. The Balaban J connectivity index is 2.84. The molecule has 5 nitrogen and oxygen atoms in total. The van der Waals surface area contributed by atoms with Gasteiger partial charge in [-0.05, 0) is 38.3 Å². The molecule has 6 heteroatoms. The summed E-state index contributed by atoms with van der Waals surface area (Å²) in [5.41, 5.74) is 0.307. The molecule has 0 saturated carbocycles. The quantitative estimate of drug-likeness (QED) is 0.643. The van der Waals surface area contributed by atoms with Crippen LogP contribution in [0.1, 0.15) is 24.2 Å². The highest BCUT2D eigenvalue weighted by Gasteiger charge is 2.21. The van der Waals surface area contributed by atoms with Gasteiger partial charge in [-0.2, -0.15) is 0 Å². The molecule has 1 aromatic rings. The van der Waals surface area contributed by atoms with E-state index >= 15 is 0 Å². The van der Waals surface area contributed by atoms with Crippen molar-refractivity contribution in [3.63, 3.8) is 0 Å². The number of amides is 1. The normalized spacial score (nSPS) is 11.6. The third kappa shape index (κ3) is 4.16. The lowest BCUT2D eigenvalue weighted by Gasteiger charge is -2.14. The zero-order chi connectivity index (χ0) is 15.1. The van der Waals surface area contributed by atoms with Crippen molar-refractivity contribution in [2.45, 2.75) is 24.8 Å². The van der Waals surface area contributed by atoms with E-state index in [-0.39, 0.29) is 5.91 Å². The maximum absolute atomic E-state index is 12.1. The van der Waals surface area contributed by atoms with E-state index in [1.807, 2.05) is 6.26 Å². The molecule has 1 amide bonds. The van der Waals surface area contributed by atoms with Crippen LogP contribution in [0, 0.1) is 0 Å². The summed E-state index contributed by atoms with van der Waals surface area (Å²) in [5, 5.41) is 2.60. The van der Waals surface area contributed by atoms with Crippen molar-refractivity contribution in [1.29, 1.82) is 0 Å². The van der Waals surface area contributed by atoms with Crippen LogP contribution in [0.25, 0.3) is 0 Å². The largest absolute Gasteiger partial charge is 0.496 e. The second-order valence-corrected chi connectivity index (χ2v) is 4.89. The standard InChI is InChI=1S/C14H19NO4S/c1-5-15-13(16)9(2)19-14(17)11-7-6-10(20-4)8-12(11)18-3/h6-9H,5H2,1-4H3,(H,15,16)/t9-/m0/s1. The predicted molar refractivity (Wildman–Crippen MR) is 78.3 cm³/mol. The molecule has 0 fully saturated rings. The summed E-state index contributed by atoms with van der Waals surface area (Å²) in [6.07, 6.45) is 1.09. The summed E-state index contributed by atoms with van der Waals surface area (Å²) in [5.74, 6) is -0.459. The fourth-order valence-corrected chi connectivity index (χ4v) is 1.99. The van der Waals surface area contributed by atoms with Crippen LogP contribution in [0.15, 0.2) is 23.1 Å². The second kappa shape index (κ2) is 7.79. The lowest BCUT2D eigenvalue weighted by atomic mass is 10.2. The Kier molecular flexibility index (Phi) is 6.38. The first-order valence-electron chi connectivity index (χ1n) is 6.24. The number of nitrogens with one attached hydrogen (secondary N) is 1. The van der Waals surface area contributed by atoms with Crippen LogP contribution in [0.2, 0.25) is 0 Å². The number of likely N-dealkylation sites (N-methyl/N-ethyl adjacent to an activating group) is 1. The molecule has 1 atom stereocenters. The molecule has 0 unspecified atom stereocenters. The number of benzene rings is 1. The Hall–Kier alpha value is -1.69. The summed E-state index contributed by atoms with van der Waals surface area (Å²) < 4.78 is 10.3. The molecule has 0 radical (unpaired) electrons. The number of ether oxygens (including phenoxy) is 2. The molecule has 0 bridgehead atoms. The minimum atomic E-state index is -0.840. The van der Waals surface area contributed by atoms with Gasteiger partial charge in [0.1, 0.15) is 11.3 Å². The zero-order valence-electron chi connectivity index (χ0n) is 12.1. The molecule has 1 aromatic carbocycles. The Morgan fingerprint density at radius 1 is 1.40 bits per heavy atom. The van der Waals surface area contributed by atoms with E-state index in [1.165, 1.54) is 14.0 Å². The summed E-state index contributed by atoms with van der Waals surface area (Å²) in [6.45, 7) is 3.83. The molecule has 0 spiro atoms. The fraction of sp³-hybridized carbons (Fsp3) is 0.429. The second-order valence-electron chi connectivity index (χ2n) is 4.01. The Bertz CT molecular complexity index is 490. The smallest absolute Gasteiger partial charge is 0.342 e. The highest BCUT2D eigenvalue weighted by molar-refractivity contribution is 7.98. The van der Waals surface area contributed by atoms with E-state index in [4.69, 9.17) is 9.47 Å². The van der Waals surface area contributed by atoms with Gasteiger partial charge in [0.2, 0.25) is 0 Å². The van der Waals surface area contributed by atoms with Gasteiger partial charge in [0.25, 0.3) is 5.91 Å². The van der Waals surface area contributed by atoms with Gasteiger partial charge in [-0.25, -0.2) is 4.79 Å². The molecule has 20 heavy (non-hydrogen) atoms. The number of hydrogen-bond donors (Lipinski definition) is 1. The number of carbonyl (C=O) groups is 2. The molecule has 0 aliphatic carbocycles. The van der Waals surface area contributed by atoms with Crippen LogP contribution in [-0.2, 0) is 9.53 Å². The van der Waals surface area contributed by atoms with Gasteiger partial charge in [0, 0.05) is 11.4 Å².